The van der Waals surface area contributed by atoms with E-state index in [0.717, 1.165) is 12.1 Å². The molecule has 0 saturated carbocycles. The quantitative estimate of drug-likeness (QED) is 0.404. The summed E-state index contributed by atoms with van der Waals surface area (Å²) >= 11 is 6.43. The first-order chi connectivity index (χ1) is 19.5. The van der Waals surface area contributed by atoms with Crippen LogP contribution in [0, 0.1) is 0 Å². The lowest BCUT2D eigenvalue weighted by Gasteiger charge is -2.35. The van der Waals surface area contributed by atoms with E-state index in [9.17, 15) is 22.8 Å². The molecule has 0 saturated heterocycles. The number of pyridine rings is 1. The third kappa shape index (κ3) is 5.66. The van der Waals surface area contributed by atoms with Crippen LogP contribution in [0.3, 0.4) is 0 Å². The third-order valence-corrected chi connectivity index (χ3v) is 6.83. The van der Waals surface area contributed by atoms with Crippen molar-refractivity contribution in [2.45, 2.75) is 32.2 Å². The predicted octanol–water partition coefficient (Wildman–Crippen LogP) is 5.47. The molecule has 8 nitrogen and oxygen atoms in total. The highest BCUT2D eigenvalue weighted by atomic mass is 35.5. The van der Waals surface area contributed by atoms with Gasteiger partial charge < -0.3 is 10.6 Å². The predicted molar refractivity (Wildman–Crippen MR) is 149 cm³/mol. The van der Waals surface area contributed by atoms with Crippen molar-refractivity contribution >= 4 is 40.9 Å². The van der Waals surface area contributed by atoms with E-state index < -0.39 is 35.8 Å². The number of nitrogens with zero attached hydrogens (tertiary/aromatic N) is 4. The first-order valence-electron chi connectivity index (χ1n) is 12.5. The van der Waals surface area contributed by atoms with Gasteiger partial charge in [0, 0.05) is 41.7 Å². The maximum atomic E-state index is 13.8. The van der Waals surface area contributed by atoms with Gasteiger partial charge in [-0.25, -0.2) is 10.0 Å². The van der Waals surface area contributed by atoms with Crippen molar-refractivity contribution in [3.05, 3.63) is 112 Å². The summed E-state index contributed by atoms with van der Waals surface area (Å²) in [6, 6.07) is 16.3. The van der Waals surface area contributed by atoms with Gasteiger partial charge in [-0.05, 0) is 49.4 Å². The normalized spacial score (nSPS) is 17.2. The summed E-state index contributed by atoms with van der Waals surface area (Å²) in [7, 11) is 0. The Morgan fingerprint density at radius 3 is 2.37 bits per heavy atom. The molecule has 2 N–H and O–H groups in total. The van der Waals surface area contributed by atoms with Gasteiger partial charge in [-0.1, -0.05) is 35.9 Å². The minimum absolute atomic E-state index is 0.0913. The molecular weight excluding hydrogens is 557 g/mol. The zero-order valence-electron chi connectivity index (χ0n) is 21.9. The number of aromatic nitrogens is 1. The Labute approximate surface area is 238 Å². The minimum atomic E-state index is -4.54. The summed E-state index contributed by atoms with van der Waals surface area (Å²) in [6.45, 7) is 3.05. The molecule has 0 spiro atoms. The van der Waals surface area contributed by atoms with Gasteiger partial charge in [0.05, 0.1) is 23.0 Å². The molecule has 1 aromatic heterocycles. The Kier molecular flexibility index (Phi) is 7.55. The van der Waals surface area contributed by atoms with Gasteiger partial charge in [-0.15, -0.1) is 0 Å². The van der Waals surface area contributed by atoms with Crippen LogP contribution in [-0.4, -0.2) is 34.2 Å². The van der Waals surface area contributed by atoms with Gasteiger partial charge in [0.15, 0.2) is 12.0 Å². The number of rotatable bonds is 6. The van der Waals surface area contributed by atoms with Crippen molar-refractivity contribution < 1.29 is 22.8 Å². The van der Waals surface area contributed by atoms with E-state index in [2.05, 4.69) is 20.6 Å². The second-order valence-electron chi connectivity index (χ2n) is 9.35. The molecule has 2 amide bonds. The standard InChI is InChI=1S/C29H24ClF3N6O2/c1-17(24-9-5-6-14-34-24)36-28(41)25-26-35-15-19(22-7-3-4-8-23(22)30)16-38(26)39(27(25)37-18(2)40)21-12-10-20(11-13-21)29(31,32)33/h3-17,27H,1-2H3,(H,36,41)(H,37,40). The number of nitrogens with one attached hydrogen (secondary N) is 2. The van der Waals surface area contributed by atoms with Gasteiger partial charge >= 0.3 is 6.18 Å². The number of carbonyl (C=O) groups excluding carboxylic acids is 2. The molecule has 2 aliphatic heterocycles. The Morgan fingerprint density at radius 1 is 1.02 bits per heavy atom. The second-order valence-corrected chi connectivity index (χ2v) is 9.75. The van der Waals surface area contributed by atoms with Gasteiger partial charge in [-0.2, -0.15) is 13.2 Å². The van der Waals surface area contributed by atoms with E-state index in [1.165, 1.54) is 29.1 Å². The van der Waals surface area contributed by atoms with Gasteiger partial charge in [0.25, 0.3) is 5.91 Å². The average molecular weight is 581 g/mol. The molecule has 2 unspecified atom stereocenters. The number of aliphatic imine (C=N–C) groups is 1. The Hall–Kier alpha value is -4.64. The molecule has 0 aliphatic carbocycles. The van der Waals surface area contributed by atoms with E-state index >= 15 is 0 Å². The number of alkyl halides is 3. The fourth-order valence-corrected chi connectivity index (χ4v) is 4.83. The molecule has 2 atom stereocenters. The fraction of sp³-hybridized carbons (Fsp3) is 0.172. The van der Waals surface area contributed by atoms with Crippen LogP contribution in [0.5, 0.6) is 0 Å². The smallest absolute Gasteiger partial charge is 0.344 e. The number of anilines is 1. The number of halogens is 4. The molecular formula is C29H24ClF3N6O2. The topological polar surface area (TPSA) is 89.9 Å². The number of hydrazine groups is 1. The molecule has 12 heteroatoms. The number of amides is 2. The SMILES string of the molecule is CC(=O)NC1C(C(=O)NC(C)c2ccccn2)=C2N=CC(c3ccccc3Cl)=CN2N1c1ccc(C(F)(F)F)cc1. The number of allylic oxidation sites excluding steroid dienone is 1. The van der Waals surface area contributed by atoms with Crippen molar-refractivity contribution in [2.75, 3.05) is 5.01 Å². The fourth-order valence-electron chi connectivity index (χ4n) is 4.59. The lowest BCUT2D eigenvalue weighted by molar-refractivity contribution is -0.137. The molecule has 0 bridgehead atoms. The highest BCUT2D eigenvalue weighted by Gasteiger charge is 2.44. The number of fused-ring (bicyclic) bond motifs is 1. The molecule has 41 heavy (non-hydrogen) atoms. The average Bonchev–Trinajstić information content (AvgIpc) is 3.25. The van der Waals surface area contributed by atoms with E-state index in [0.29, 0.717) is 21.9 Å². The van der Waals surface area contributed by atoms with Gasteiger partial charge in [0.1, 0.15) is 5.57 Å². The highest BCUT2D eigenvalue weighted by molar-refractivity contribution is 6.34. The zero-order chi connectivity index (χ0) is 29.3. The van der Waals surface area contributed by atoms with E-state index in [-0.39, 0.29) is 17.1 Å². The molecule has 2 aromatic carbocycles. The molecule has 3 aromatic rings. The number of benzene rings is 2. The summed E-state index contributed by atoms with van der Waals surface area (Å²) in [5, 5.41) is 9.15. The monoisotopic (exact) mass is 580 g/mol. The van der Waals surface area contributed by atoms with Crippen LogP contribution in [-0.2, 0) is 15.8 Å². The summed E-state index contributed by atoms with van der Waals surface area (Å²) < 4.78 is 40.0. The van der Waals surface area contributed by atoms with E-state index in [4.69, 9.17) is 11.6 Å². The molecule has 3 heterocycles. The second kappa shape index (κ2) is 11.1. The van der Waals surface area contributed by atoms with Crippen LogP contribution in [0.2, 0.25) is 5.02 Å². The number of carbonyl (C=O) groups is 2. The zero-order valence-corrected chi connectivity index (χ0v) is 22.6. The van der Waals surface area contributed by atoms with Crippen molar-refractivity contribution in [1.82, 2.24) is 20.6 Å². The van der Waals surface area contributed by atoms with E-state index in [1.54, 1.807) is 68.0 Å². The Balaban J connectivity index is 1.61. The first kappa shape index (κ1) is 27.9. The van der Waals surface area contributed by atoms with Crippen molar-refractivity contribution in [1.29, 1.82) is 0 Å². The molecule has 0 fully saturated rings. The van der Waals surface area contributed by atoms with Crippen LogP contribution in [0.4, 0.5) is 18.9 Å². The lowest BCUT2D eigenvalue weighted by atomic mass is 10.1. The van der Waals surface area contributed by atoms with Crippen LogP contribution >= 0.6 is 11.6 Å². The van der Waals surface area contributed by atoms with Crippen molar-refractivity contribution in [3.8, 4) is 0 Å². The summed E-state index contributed by atoms with van der Waals surface area (Å²) in [4.78, 5) is 35.0. The van der Waals surface area contributed by atoms with Crippen LogP contribution in [0.25, 0.3) is 5.57 Å². The van der Waals surface area contributed by atoms with Gasteiger partial charge in [0.2, 0.25) is 5.91 Å². The Bertz CT molecular complexity index is 1570. The van der Waals surface area contributed by atoms with Crippen LogP contribution in [0.1, 0.15) is 36.7 Å². The Morgan fingerprint density at radius 2 is 1.73 bits per heavy atom. The largest absolute Gasteiger partial charge is 0.416 e. The maximum absolute atomic E-state index is 13.8. The van der Waals surface area contributed by atoms with Crippen LogP contribution in [0.15, 0.2) is 95.5 Å². The number of hydrogen-bond acceptors (Lipinski definition) is 6. The summed E-state index contributed by atoms with van der Waals surface area (Å²) in [6.07, 6.45) is -0.823. The summed E-state index contributed by atoms with van der Waals surface area (Å²) in [5.74, 6) is -0.817. The maximum Gasteiger partial charge on any atom is 0.416 e. The van der Waals surface area contributed by atoms with Crippen molar-refractivity contribution in [2.24, 2.45) is 4.99 Å². The molecule has 5 rings (SSSR count). The molecule has 2 aliphatic rings. The first-order valence-corrected chi connectivity index (χ1v) is 12.9. The highest BCUT2D eigenvalue weighted by Crippen LogP contribution is 2.39. The molecule has 210 valence electrons. The lowest BCUT2D eigenvalue weighted by Crippen LogP contribution is -2.51. The van der Waals surface area contributed by atoms with Crippen LogP contribution < -0.4 is 15.6 Å². The molecule has 0 radical (unpaired) electrons. The van der Waals surface area contributed by atoms with E-state index in [1.807, 2.05) is 0 Å². The van der Waals surface area contributed by atoms with Gasteiger partial charge in [-0.3, -0.25) is 19.6 Å². The number of hydrogen-bond donors (Lipinski definition) is 2. The van der Waals surface area contributed by atoms with Crippen molar-refractivity contribution in [3.63, 3.8) is 0 Å². The third-order valence-electron chi connectivity index (χ3n) is 6.50. The summed E-state index contributed by atoms with van der Waals surface area (Å²) in [5.41, 5.74) is 1.39. The minimum Gasteiger partial charge on any atom is -0.344 e.